The smallest absolute Gasteiger partial charge is 0.300 e. The minimum atomic E-state index is -4.15. The first-order chi connectivity index (χ1) is 9.76. The molecule has 0 amide bonds. The average Bonchev–Trinajstić information content (AvgIpc) is 2.79. The number of hydrogen-bond donors (Lipinski definition) is 0. The molecule has 2 rings (SSSR count). The molecule has 116 valence electrons. The van der Waals surface area contributed by atoms with Gasteiger partial charge in [-0.15, -0.1) is 0 Å². The predicted octanol–water partition coefficient (Wildman–Crippen LogP) is 4.13. The van der Waals surface area contributed by atoms with Crippen LogP contribution in [-0.4, -0.2) is 36.0 Å². The lowest BCUT2D eigenvalue weighted by molar-refractivity contribution is -0.136. The molecule has 0 fully saturated rings. The topological polar surface area (TPSA) is 28.5 Å². The van der Waals surface area contributed by atoms with E-state index in [4.69, 9.17) is 0 Å². The lowest BCUT2D eigenvalue weighted by Crippen LogP contribution is -2.23. The second-order valence-electron chi connectivity index (χ2n) is 5.37. The van der Waals surface area contributed by atoms with Crippen molar-refractivity contribution in [3.63, 3.8) is 0 Å². The number of hydrazone groups is 1. The van der Waals surface area contributed by atoms with Crippen molar-refractivity contribution in [2.24, 2.45) is 11.0 Å². The van der Waals surface area contributed by atoms with Crippen LogP contribution in [0.25, 0.3) is 0 Å². The quantitative estimate of drug-likeness (QED) is 0.752. The molecule has 2 atom stereocenters. The van der Waals surface area contributed by atoms with Gasteiger partial charge < -0.3 is 0 Å². The number of nitrogens with zero attached hydrogens (tertiary/aromatic N) is 3. The van der Waals surface area contributed by atoms with Crippen LogP contribution in [0.2, 0.25) is 0 Å². The maximum atomic E-state index is 12.6. The molecule has 1 aromatic rings. The van der Waals surface area contributed by atoms with Crippen LogP contribution in [-0.2, 0) is 0 Å². The monoisotopic (exact) mass is 363 g/mol. The van der Waals surface area contributed by atoms with Crippen molar-refractivity contribution < 1.29 is 13.2 Å². The van der Waals surface area contributed by atoms with Gasteiger partial charge in [-0.05, 0) is 40.9 Å². The van der Waals surface area contributed by atoms with Crippen molar-refractivity contribution in [2.75, 3.05) is 13.6 Å². The molecular formula is C14H17BrF3N3. The summed E-state index contributed by atoms with van der Waals surface area (Å²) in [5, 5.41) is 5.90. The van der Waals surface area contributed by atoms with Crippen molar-refractivity contribution in [2.45, 2.75) is 31.9 Å². The van der Waals surface area contributed by atoms with E-state index < -0.39 is 12.6 Å². The molecule has 0 bridgehead atoms. The summed E-state index contributed by atoms with van der Waals surface area (Å²) in [5.41, 5.74) is 1.63. The van der Waals surface area contributed by atoms with Gasteiger partial charge in [-0.1, -0.05) is 6.07 Å². The molecule has 2 unspecified atom stereocenters. The third kappa shape index (κ3) is 4.43. The summed E-state index contributed by atoms with van der Waals surface area (Å²) in [7, 11) is 1.82. The summed E-state index contributed by atoms with van der Waals surface area (Å²) in [5.74, 6) is -0.323. The Morgan fingerprint density at radius 3 is 2.71 bits per heavy atom. The molecule has 0 N–H and O–H groups in total. The van der Waals surface area contributed by atoms with Crippen molar-refractivity contribution in [1.29, 1.82) is 0 Å². The van der Waals surface area contributed by atoms with Crippen LogP contribution in [0.1, 0.15) is 30.0 Å². The third-order valence-electron chi connectivity index (χ3n) is 3.64. The SMILES string of the molecule is Cc1ccc(Br)nc1C(CCC(F)(F)F)C1C=NN(C)C1. The molecule has 1 aliphatic rings. The summed E-state index contributed by atoms with van der Waals surface area (Å²) >= 11 is 3.30. The molecule has 0 aromatic carbocycles. The van der Waals surface area contributed by atoms with Crippen LogP contribution in [0, 0.1) is 12.8 Å². The van der Waals surface area contributed by atoms with Crippen molar-refractivity contribution in [3.8, 4) is 0 Å². The van der Waals surface area contributed by atoms with Crippen LogP contribution in [0.5, 0.6) is 0 Å². The van der Waals surface area contributed by atoms with Gasteiger partial charge in [0, 0.05) is 43.8 Å². The van der Waals surface area contributed by atoms with E-state index in [2.05, 4.69) is 26.0 Å². The third-order valence-corrected chi connectivity index (χ3v) is 4.08. The van der Waals surface area contributed by atoms with E-state index in [9.17, 15) is 13.2 Å². The zero-order chi connectivity index (χ0) is 15.6. The van der Waals surface area contributed by atoms with E-state index in [1.54, 1.807) is 17.3 Å². The Balaban J connectivity index is 2.26. The fourth-order valence-corrected chi connectivity index (χ4v) is 2.92. The minimum absolute atomic E-state index is 0.0261. The minimum Gasteiger partial charge on any atom is -0.300 e. The molecule has 0 spiro atoms. The summed E-state index contributed by atoms with van der Waals surface area (Å²) in [6.07, 6.45) is -3.19. The van der Waals surface area contributed by atoms with Gasteiger partial charge in [-0.25, -0.2) is 4.98 Å². The molecular weight excluding hydrogens is 347 g/mol. The summed E-state index contributed by atoms with van der Waals surface area (Å²) < 4.78 is 38.4. The van der Waals surface area contributed by atoms with E-state index in [1.807, 2.05) is 20.0 Å². The van der Waals surface area contributed by atoms with E-state index in [0.717, 1.165) is 11.3 Å². The molecule has 2 heterocycles. The van der Waals surface area contributed by atoms with Gasteiger partial charge >= 0.3 is 6.18 Å². The Bertz CT molecular complexity index is 531. The zero-order valence-corrected chi connectivity index (χ0v) is 13.4. The largest absolute Gasteiger partial charge is 0.389 e. The molecule has 7 heteroatoms. The molecule has 0 aliphatic carbocycles. The molecule has 1 aromatic heterocycles. The maximum Gasteiger partial charge on any atom is 0.389 e. The average molecular weight is 364 g/mol. The lowest BCUT2D eigenvalue weighted by Gasteiger charge is -2.24. The van der Waals surface area contributed by atoms with Gasteiger partial charge in [0.05, 0.1) is 0 Å². The van der Waals surface area contributed by atoms with E-state index >= 15 is 0 Å². The van der Waals surface area contributed by atoms with Crippen molar-refractivity contribution in [1.82, 2.24) is 9.99 Å². The summed E-state index contributed by atoms with van der Waals surface area (Å²) in [6.45, 7) is 2.50. The van der Waals surface area contributed by atoms with Crippen LogP contribution < -0.4 is 0 Å². The standard InChI is InChI=1S/C14H17BrF3N3/c1-9-3-4-12(15)20-13(9)11(5-6-14(16,17)18)10-7-19-21(2)8-10/h3-4,7,10-11H,5-6,8H2,1-2H3. The normalized spacial score (nSPS) is 20.1. The second kappa shape index (κ2) is 6.34. The van der Waals surface area contributed by atoms with Gasteiger partial charge in [0.2, 0.25) is 0 Å². The Morgan fingerprint density at radius 1 is 1.43 bits per heavy atom. The molecule has 1 aliphatic heterocycles. The Hall–Kier alpha value is -1.11. The number of aromatic nitrogens is 1. The van der Waals surface area contributed by atoms with Crippen LogP contribution >= 0.6 is 15.9 Å². The number of aryl methyl sites for hydroxylation is 1. The highest BCUT2D eigenvalue weighted by Gasteiger charge is 2.34. The Kier molecular flexibility index (Phi) is 4.91. The predicted molar refractivity (Wildman–Crippen MR) is 79.3 cm³/mol. The molecule has 0 saturated heterocycles. The highest BCUT2D eigenvalue weighted by Crippen LogP contribution is 2.36. The summed E-state index contributed by atoms with van der Waals surface area (Å²) in [4.78, 5) is 4.41. The first-order valence-electron chi connectivity index (χ1n) is 6.71. The van der Waals surface area contributed by atoms with Gasteiger partial charge in [0.15, 0.2) is 0 Å². The molecule has 0 saturated carbocycles. The Labute approximate surface area is 130 Å². The number of halogens is 4. The fourth-order valence-electron chi connectivity index (χ4n) is 2.60. The zero-order valence-electron chi connectivity index (χ0n) is 11.9. The van der Waals surface area contributed by atoms with Crippen molar-refractivity contribution >= 4 is 22.1 Å². The summed E-state index contributed by atoms with van der Waals surface area (Å²) in [6, 6.07) is 3.68. The van der Waals surface area contributed by atoms with Crippen LogP contribution in [0.3, 0.4) is 0 Å². The number of pyridine rings is 1. The molecule has 21 heavy (non-hydrogen) atoms. The van der Waals surface area contributed by atoms with E-state index in [1.165, 1.54) is 0 Å². The molecule has 3 nitrogen and oxygen atoms in total. The van der Waals surface area contributed by atoms with Crippen LogP contribution in [0.4, 0.5) is 13.2 Å². The fraction of sp³-hybridized carbons (Fsp3) is 0.571. The highest BCUT2D eigenvalue weighted by molar-refractivity contribution is 9.10. The van der Waals surface area contributed by atoms with Gasteiger partial charge in [-0.3, -0.25) is 5.01 Å². The van der Waals surface area contributed by atoms with Gasteiger partial charge in [0.1, 0.15) is 4.60 Å². The van der Waals surface area contributed by atoms with Crippen LogP contribution in [0.15, 0.2) is 21.8 Å². The van der Waals surface area contributed by atoms with E-state index in [-0.39, 0.29) is 18.3 Å². The number of rotatable bonds is 4. The first-order valence-corrected chi connectivity index (χ1v) is 7.50. The highest BCUT2D eigenvalue weighted by atomic mass is 79.9. The Morgan fingerprint density at radius 2 is 2.14 bits per heavy atom. The number of hydrogen-bond acceptors (Lipinski definition) is 3. The second-order valence-corrected chi connectivity index (χ2v) is 6.18. The number of alkyl halides is 3. The van der Waals surface area contributed by atoms with Crippen molar-refractivity contribution in [3.05, 3.63) is 28.0 Å². The van der Waals surface area contributed by atoms with Gasteiger partial charge in [-0.2, -0.15) is 18.3 Å². The molecule has 0 radical (unpaired) electrons. The maximum absolute atomic E-state index is 12.6. The first kappa shape index (κ1) is 16.3. The van der Waals surface area contributed by atoms with E-state index in [0.29, 0.717) is 11.1 Å². The van der Waals surface area contributed by atoms with Gasteiger partial charge in [0.25, 0.3) is 0 Å². The lowest BCUT2D eigenvalue weighted by atomic mass is 9.84.